The first-order valence-electron chi connectivity index (χ1n) is 21.0. The number of nitrogens with zero attached hydrogens (tertiary/aromatic N) is 1. The van der Waals surface area contributed by atoms with Gasteiger partial charge in [-0.05, 0) is 99.1 Å². The molecule has 326 valence electrons. The van der Waals surface area contributed by atoms with Gasteiger partial charge in [-0.25, -0.2) is 13.4 Å². The number of ether oxygens (including phenoxy) is 1. The van der Waals surface area contributed by atoms with Crippen LogP contribution in [-0.4, -0.2) is 43.9 Å². The Kier molecular flexibility index (Phi) is 15.0. The summed E-state index contributed by atoms with van der Waals surface area (Å²) < 4.78 is 119. The van der Waals surface area contributed by atoms with Gasteiger partial charge in [0.25, 0.3) is 5.91 Å². The minimum Gasteiger partial charge on any atom is -0.381 e. The van der Waals surface area contributed by atoms with Gasteiger partial charge in [0.1, 0.15) is 0 Å². The minimum absolute atomic E-state index is 0.00116. The second-order valence-electron chi connectivity index (χ2n) is 16.8. The second-order valence-corrected chi connectivity index (χ2v) is 19.6. The summed E-state index contributed by atoms with van der Waals surface area (Å²) in [4.78, 5) is 19.0. The lowest BCUT2D eigenvalue weighted by Gasteiger charge is -2.25. The van der Waals surface area contributed by atoms with E-state index in [0.29, 0.717) is 24.2 Å². The number of hydrogen-bond acceptors (Lipinski definition) is 5. The third kappa shape index (κ3) is 11.2. The van der Waals surface area contributed by atoms with Crippen molar-refractivity contribution < 1.29 is 44.3 Å². The van der Waals surface area contributed by atoms with Crippen LogP contribution in [0.4, 0.5) is 26.3 Å². The maximum Gasteiger partial charge on any atom is 0.416 e. The van der Waals surface area contributed by atoms with E-state index >= 15 is 0 Å². The van der Waals surface area contributed by atoms with E-state index in [-0.39, 0.29) is 55.2 Å². The fourth-order valence-corrected chi connectivity index (χ4v) is 10.5. The van der Waals surface area contributed by atoms with E-state index < -0.39 is 45.0 Å². The highest BCUT2D eigenvalue weighted by Gasteiger charge is 2.43. The fourth-order valence-electron chi connectivity index (χ4n) is 8.89. The number of halogens is 7. The van der Waals surface area contributed by atoms with Crippen molar-refractivity contribution in [1.29, 1.82) is 0 Å². The number of rotatable bonds is 13. The molecule has 6 nitrogen and oxygen atoms in total. The standard InChI is InChI=1S/C46H53ClF6N2O4S/c1-29(2)60(57,58)40-27-37-39(28-38(40)47)54-42(34-16-8-17-35(26-34)45(48,49)50)36(41(37)44(56)55-43(46(51,52)53)33-14-4-3-5-15-33)18-7-12-30-10-6-11-31(20-19-30)21-22-32-13-9-24-59-25-23-32/h3-5,8,14-17,26-32,43H,6-7,9-13,18-25H2,1-2H3,(H,55,56). The summed E-state index contributed by atoms with van der Waals surface area (Å²) in [5.41, 5.74) is -1.46. The molecule has 1 aromatic heterocycles. The Morgan fingerprint density at radius 1 is 0.833 bits per heavy atom. The molecule has 1 saturated carbocycles. The van der Waals surface area contributed by atoms with Crippen LogP contribution in [0.5, 0.6) is 0 Å². The average molecular weight is 879 g/mol. The molecule has 4 aromatic rings. The lowest BCUT2D eigenvalue weighted by molar-refractivity contribution is -0.155. The Labute approximate surface area is 353 Å². The zero-order valence-electron chi connectivity index (χ0n) is 34.0. The maximum absolute atomic E-state index is 14.8. The van der Waals surface area contributed by atoms with Crippen molar-refractivity contribution in [2.75, 3.05) is 13.2 Å². The Balaban J connectivity index is 1.41. The lowest BCUT2D eigenvalue weighted by atomic mass is 9.87. The normalized spacial score (nSPS) is 20.1. The number of sulfone groups is 1. The van der Waals surface area contributed by atoms with Crippen LogP contribution in [0, 0.1) is 17.8 Å². The monoisotopic (exact) mass is 878 g/mol. The quantitative estimate of drug-likeness (QED) is 0.107. The third-order valence-corrected chi connectivity index (χ3v) is 14.9. The Bertz CT molecular complexity index is 2210. The van der Waals surface area contributed by atoms with Crippen LogP contribution in [0.1, 0.15) is 124 Å². The van der Waals surface area contributed by atoms with Gasteiger partial charge in [-0.15, -0.1) is 0 Å². The van der Waals surface area contributed by atoms with Crippen molar-refractivity contribution in [3.8, 4) is 11.3 Å². The largest absolute Gasteiger partial charge is 0.416 e. The first kappa shape index (κ1) is 45.8. The van der Waals surface area contributed by atoms with E-state index in [9.17, 15) is 39.6 Å². The van der Waals surface area contributed by atoms with Crippen molar-refractivity contribution >= 4 is 38.2 Å². The third-order valence-electron chi connectivity index (χ3n) is 12.3. The zero-order chi connectivity index (χ0) is 43.2. The summed E-state index contributed by atoms with van der Waals surface area (Å²) in [6, 6.07) is 11.1. The average Bonchev–Trinajstić information content (AvgIpc) is 3.61. The number of carbonyl (C=O) groups excluding carboxylic acids is 1. The molecule has 1 aliphatic carbocycles. The van der Waals surface area contributed by atoms with Crippen LogP contribution in [0.3, 0.4) is 0 Å². The van der Waals surface area contributed by atoms with Gasteiger partial charge in [0, 0.05) is 24.2 Å². The van der Waals surface area contributed by atoms with Gasteiger partial charge in [-0.1, -0.05) is 105 Å². The number of hydrogen-bond donors (Lipinski definition) is 1. The smallest absolute Gasteiger partial charge is 0.381 e. The van der Waals surface area contributed by atoms with Gasteiger partial charge >= 0.3 is 12.4 Å². The molecule has 1 saturated heterocycles. The van der Waals surface area contributed by atoms with Crippen molar-refractivity contribution in [2.45, 2.75) is 126 Å². The topological polar surface area (TPSA) is 85.4 Å². The molecule has 0 radical (unpaired) electrons. The van der Waals surface area contributed by atoms with Gasteiger partial charge in [-0.3, -0.25) is 4.79 Å². The SMILES string of the molecule is CC(C)S(=O)(=O)c1cc2c(C(=O)NC(c3ccccc3)C(F)(F)F)c(CCCC3CCCC(CCC4CCCOCC4)CC3)c(-c3cccc(C(F)(F)F)c3)nc2cc1Cl. The molecular weight excluding hydrogens is 826 g/mol. The molecule has 60 heavy (non-hydrogen) atoms. The molecule has 2 fully saturated rings. The van der Waals surface area contributed by atoms with Gasteiger partial charge < -0.3 is 10.1 Å². The molecule has 0 spiro atoms. The molecule has 1 amide bonds. The van der Waals surface area contributed by atoms with Crippen LogP contribution in [0.25, 0.3) is 22.2 Å². The maximum atomic E-state index is 14.8. The number of benzene rings is 3. The summed E-state index contributed by atoms with van der Waals surface area (Å²) in [5.74, 6) is 0.486. The number of aromatic nitrogens is 1. The molecular formula is C46H53ClF6N2O4S. The van der Waals surface area contributed by atoms with Crippen LogP contribution in [-0.2, 0) is 27.2 Å². The highest BCUT2D eigenvalue weighted by atomic mass is 35.5. The van der Waals surface area contributed by atoms with E-state index in [0.717, 1.165) is 82.8 Å². The van der Waals surface area contributed by atoms with Gasteiger partial charge in [0.05, 0.1) is 37.5 Å². The van der Waals surface area contributed by atoms with E-state index in [1.807, 2.05) is 0 Å². The van der Waals surface area contributed by atoms with Crippen LogP contribution < -0.4 is 5.32 Å². The Morgan fingerprint density at radius 3 is 2.17 bits per heavy atom. The highest BCUT2D eigenvalue weighted by molar-refractivity contribution is 7.92. The highest BCUT2D eigenvalue weighted by Crippen LogP contribution is 2.41. The Morgan fingerprint density at radius 2 is 1.50 bits per heavy atom. The van der Waals surface area contributed by atoms with Gasteiger partial charge in [-0.2, -0.15) is 26.3 Å². The Hall–Kier alpha value is -3.68. The van der Waals surface area contributed by atoms with Gasteiger partial charge in [0.15, 0.2) is 15.9 Å². The molecule has 2 heterocycles. The molecule has 4 atom stereocenters. The lowest BCUT2D eigenvalue weighted by Crippen LogP contribution is -2.38. The molecule has 1 aliphatic heterocycles. The molecule has 1 N–H and O–H groups in total. The summed E-state index contributed by atoms with van der Waals surface area (Å²) >= 11 is 6.55. The molecule has 14 heteroatoms. The number of nitrogens with one attached hydrogen (secondary N) is 1. The van der Waals surface area contributed by atoms with E-state index in [2.05, 4.69) is 5.32 Å². The summed E-state index contributed by atoms with van der Waals surface area (Å²) in [7, 11) is -4.08. The van der Waals surface area contributed by atoms with Crippen molar-refractivity contribution in [1.82, 2.24) is 10.3 Å². The predicted molar refractivity (Wildman–Crippen MR) is 223 cm³/mol. The fraction of sp³-hybridized carbons (Fsp3) is 0.522. The summed E-state index contributed by atoms with van der Waals surface area (Å²) in [5, 5.41) is 0.897. The van der Waals surface area contributed by atoms with E-state index in [1.165, 1.54) is 81.6 Å². The van der Waals surface area contributed by atoms with Crippen molar-refractivity contribution in [3.05, 3.63) is 94.0 Å². The van der Waals surface area contributed by atoms with Gasteiger partial charge in [0.2, 0.25) is 0 Å². The molecule has 3 aromatic carbocycles. The second kappa shape index (κ2) is 19.6. The zero-order valence-corrected chi connectivity index (χ0v) is 35.6. The van der Waals surface area contributed by atoms with Crippen molar-refractivity contribution in [3.63, 3.8) is 0 Å². The molecule has 6 rings (SSSR count). The van der Waals surface area contributed by atoms with Crippen LogP contribution in [0.2, 0.25) is 5.02 Å². The number of amides is 1. The number of alkyl halides is 6. The van der Waals surface area contributed by atoms with Crippen LogP contribution in [0.15, 0.2) is 71.6 Å². The summed E-state index contributed by atoms with van der Waals surface area (Å²) in [6.45, 7) is 4.55. The van der Waals surface area contributed by atoms with Crippen molar-refractivity contribution in [2.24, 2.45) is 17.8 Å². The van der Waals surface area contributed by atoms with Crippen LogP contribution >= 0.6 is 11.6 Å². The number of carbonyl (C=O) groups is 1. The molecule has 0 bridgehead atoms. The first-order valence-corrected chi connectivity index (χ1v) is 22.9. The van der Waals surface area contributed by atoms with E-state index in [1.54, 1.807) is 0 Å². The number of fused-ring (bicyclic) bond motifs is 1. The minimum atomic E-state index is -4.94. The molecule has 2 aliphatic rings. The first-order chi connectivity index (χ1) is 28.4. The summed E-state index contributed by atoms with van der Waals surface area (Å²) in [6.07, 6.45) is 2.66. The van der Waals surface area contributed by atoms with E-state index in [4.69, 9.17) is 21.3 Å². The predicted octanol–water partition coefficient (Wildman–Crippen LogP) is 12.9. The molecule has 4 unspecified atom stereocenters. The number of pyridine rings is 1.